The number of methoxy groups -OCH3 is 1. The largest absolute Gasteiger partial charge is 0.496 e. The smallest absolute Gasteiger partial charge is 0.167 e. The number of aldehydes is 1. The first-order chi connectivity index (χ1) is 13.0. The number of aryl methyl sites for hydroxylation is 1. The van der Waals surface area contributed by atoms with Gasteiger partial charge in [0.15, 0.2) is 6.29 Å². The highest BCUT2D eigenvalue weighted by molar-refractivity contribution is 5.92. The number of hydrogen-bond acceptors (Lipinski definition) is 2. The van der Waals surface area contributed by atoms with Crippen LogP contribution in [0.5, 0.6) is 5.75 Å². The molecular formula is C25H31NO2. The predicted molar refractivity (Wildman–Crippen MR) is 117 cm³/mol. The Morgan fingerprint density at radius 3 is 2.14 bits per heavy atom. The van der Waals surface area contributed by atoms with E-state index in [1.165, 1.54) is 11.1 Å². The third kappa shape index (κ3) is 3.46. The zero-order chi connectivity index (χ0) is 20.9. The van der Waals surface area contributed by atoms with E-state index in [1.54, 1.807) is 7.11 Å². The number of rotatable bonds is 3. The minimum absolute atomic E-state index is 0.0158. The van der Waals surface area contributed by atoms with Crippen molar-refractivity contribution in [2.24, 2.45) is 0 Å². The van der Waals surface area contributed by atoms with Crippen LogP contribution in [-0.2, 0) is 10.8 Å². The molecule has 3 heteroatoms. The van der Waals surface area contributed by atoms with Crippen LogP contribution in [0.2, 0.25) is 0 Å². The molecule has 0 unspecified atom stereocenters. The molecule has 0 spiro atoms. The van der Waals surface area contributed by atoms with Crippen molar-refractivity contribution >= 4 is 11.8 Å². The molecule has 3 aromatic rings. The highest BCUT2D eigenvalue weighted by atomic mass is 16.5. The lowest BCUT2D eigenvalue weighted by Crippen LogP contribution is -2.18. The highest BCUT2D eigenvalue weighted by Gasteiger charge is 2.27. The van der Waals surface area contributed by atoms with Gasteiger partial charge in [-0.1, -0.05) is 47.6 Å². The molecule has 0 N–H and O–H groups in total. The fourth-order valence-electron chi connectivity index (χ4n) is 3.69. The number of ether oxygens (including phenoxy) is 1. The Balaban J connectivity index is 2.44. The van der Waals surface area contributed by atoms with Gasteiger partial charge in [-0.2, -0.15) is 0 Å². The van der Waals surface area contributed by atoms with Crippen LogP contribution in [0.25, 0.3) is 16.6 Å². The average Bonchev–Trinajstić information content (AvgIpc) is 2.96. The summed E-state index contributed by atoms with van der Waals surface area (Å²) in [5.74, 6) is 0.844. The molecule has 0 radical (unpaired) electrons. The van der Waals surface area contributed by atoms with Gasteiger partial charge in [0.25, 0.3) is 0 Å². The quantitative estimate of drug-likeness (QED) is 0.499. The molecule has 3 nitrogen and oxygen atoms in total. The highest BCUT2D eigenvalue weighted by Crippen LogP contribution is 2.44. The lowest BCUT2D eigenvalue weighted by molar-refractivity contribution is 0.111. The van der Waals surface area contributed by atoms with Crippen LogP contribution in [0, 0.1) is 6.92 Å². The summed E-state index contributed by atoms with van der Waals surface area (Å²) in [6, 6.07) is 10.6. The second-order valence-electron chi connectivity index (χ2n) is 9.66. The molecule has 1 aromatic carbocycles. The van der Waals surface area contributed by atoms with E-state index in [0.29, 0.717) is 5.69 Å². The van der Waals surface area contributed by atoms with Gasteiger partial charge in [-0.05, 0) is 53.1 Å². The van der Waals surface area contributed by atoms with E-state index in [-0.39, 0.29) is 10.8 Å². The zero-order valence-electron chi connectivity index (χ0n) is 18.3. The number of carbonyl (C=O) groups excluding carboxylic acids is 1. The van der Waals surface area contributed by atoms with E-state index >= 15 is 0 Å². The van der Waals surface area contributed by atoms with Crippen LogP contribution in [0.1, 0.15) is 68.7 Å². The predicted octanol–water partition coefficient (Wildman–Crippen LogP) is 6.33. The van der Waals surface area contributed by atoms with E-state index in [0.717, 1.165) is 34.2 Å². The number of benzene rings is 1. The lowest BCUT2D eigenvalue weighted by atomic mass is 9.78. The summed E-state index contributed by atoms with van der Waals surface area (Å²) in [5.41, 5.74) is 7.00. The number of pyridine rings is 1. The molecule has 0 aliphatic carbocycles. The fourth-order valence-corrected chi connectivity index (χ4v) is 3.69. The summed E-state index contributed by atoms with van der Waals surface area (Å²) in [6.45, 7) is 15.3. The Morgan fingerprint density at radius 2 is 1.61 bits per heavy atom. The third-order valence-corrected chi connectivity index (χ3v) is 5.34. The Bertz CT molecular complexity index is 1040. The van der Waals surface area contributed by atoms with Crippen molar-refractivity contribution in [2.45, 2.75) is 59.3 Å². The van der Waals surface area contributed by atoms with Crippen LogP contribution < -0.4 is 4.74 Å². The zero-order valence-corrected chi connectivity index (χ0v) is 18.3. The molecule has 0 saturated carbocycles. The fraction of sp³-hybridized carbons (Fsp3) is 0.400. The maximum absolute atomic E-state index is 12.1. The van der Waals surface area contributed by atoms with Crippen molar-refractivity contribution < 1.29 is 9.53 Å². The molecule has 28 heavy (non-hydrogen) atoms. The van der Waals surface area contributed by atoms with Gasteiger partial charge < -0.3 is 9.14 Å². The van der Waals surface area contributed by atoms with E-state index < -0.39 is 0 Å². The van der Waals surface area contributed by atoms with Gasteiger partial charge >= 0.3 is 0 Å². The summed E-state index contributed by atoms with van der Waals surface area (Å²) in [4.78, 5) is 12.1. The van der Waals surface area contributed by atoms with E-state index in [1.807, 2.05) is 16.7 Å². The van der Waals surface area contributed by atoms with E-state index in [9.17, 15) is 4.79 Å². The second kappa shape index (κ2) is 6.80. The molecule has 0 aliphatic heterocycles. The van der Waals surface area contributed by atoms with E-state index in [4.69, 9.17) is 4.74 Å². The molecule has 0 amide bonds. The topological polar surface area (TPSA) is 30.7 Å². The normalized spacial score (nSPS) is 12.4. The van der Waals surface area contributed by atoms with Gasteiger partial charge in [0, 0.05) is 28.4 Å². The first kappa shape index (κ1) is 20.2. The standard InChI is InChI=1S/C25H31NO2/c1-16-9-10-26-18(11-16)14-19(22(26)15-27)20-12-17(24(2,3)4)13-21(23(20)28-8)25(5,6)7/h9-15H,1-8H3. The first-order valence-corrected chi connectivity index (χ1v) is 9.77. The Hall–Kier alpha value is -2.55. The summed E-state index contributed by atoms with van der Waals surface area (Å²) in [5, 5.41) is 0. The number of fused-ring (bicyclic) bond motifs is 1. The first-order valence-electron chi connectivity index (χ1n) is 9.77. The van der Waals surface area contributed by atoms with Crippen LogP contribution in [0.3, 0.4) is 0 Å². The Morgan fingerprint density at radius 1 is 0.929 bits per heavy atom. The number of carbonyl (C=O) groups is 1. The number of hydrogen-bond donors (Lipinski definition) is 0. The third-order valence-electron chi connectivity index (χ3n) is 5.34. The summed E-state index contributed by atoms with van der Waals surface area (Å²) < 4.78 is 7.87. The van der Waals surface area contributed by atoms with Gasteiger partial charge in [0.1, 0.15) is 5.75 Å². The van der Waals surface area contributed by atoms with Gasteiger partial charge in [-0.3, -0.25) is 4.79 Å². The maximum atomic E-state index is 12.1. The van der Waals surface area contributed by atoms with Crippen molar-refractivity contribution in [1.82, 2.24) is 4.40 Å². The molecule has 2 aromatic heterocycles. The van der Waals surface area contributed by atoms with Crippen molar-refractivity contribution in [3.63, 3.8) is 0 Å². The molecule has 0 aliphatic rings. The van der Waals surface area contributed by atoms with Gasteiger partial charge in [0.05, 0.1) is 12.8 Å². The summed E-state index contributed by atoms with van der Waals surface area (Å²) in [7, 11) is 1.71. The Kier molecular flexibility index (Phi) is 4.91. The minimum Gasteiger partial charge on any atom is -0.496 e. The van der Waals surface area contributed by atoms with Crippen LogP contribution in [0.4, 0.5) is 0 Å². The molecular weight excluding hydrogens is 346 g/mol. The molecule has 0 fully saturated rings. The number of nitrogens with zero attached hydrogens (tertiary/aromatic N) is 1. The SMILES string of the molecule is COc1c(-c2cc3cc(C)ccn3c2C=O)cc(C(C)(C)C)cc1C(C)(C)C. The average molecular weight is 378 g/mol. The number of aromatic nitrogens is 1. The monoisotopic (exact) mass is 377 g/mol. The van der Waals surface area contributed by atoms with E-state index in [2.05, 4.69) is 72.7 Å². The van der Waals surface area contributed by atoms with Crippen LogP contribution in [0.15, 0.2) is 36.5 Å². The molecule has 2 heterocycles. The summed E-state index contributed by atoms with van der Waals surface area (Å²) >= 11 is 0. The van der Waals surface area contributed by atoms with Crippen molar-refractivity contribution in [1.29, 1.82) is 0 Å². The Labute approximate surface area is 168 Å². The van der Waals surface area contributed by atoms with Crippen molar-refractivity contribution in [3.05, 3.63) is 58.9 Å². The molecule has 0 atom stereocenters. The molecule has 148 valence electrons. The van der Waals surface area contributed by atoms with Gasteiger partial charge in [-0.25, -0.2) is 0 Å². The molecule has 0 bridgehead atoms. The van der Waals surface area contributed by atoms with Crippen LogP contribution >= 0.6 is 0 Å². The molecule has 0 saturated heterocycles. The maximum Gasteiger partial charge on any atom is 0.167 e. The lowest BCUT2D eigenvalue weighted by Gasteiger charge is -2.29. The van der Waals surface area contributed by atoms with Crippen LogP contribution in [-0.4, -0.2) is 17.8 Å². The second-order valence-corrected chi connectivity index (χ2v) is 9.66. The van der Waals surface area contributed by atoms with Crippen molar-refractivity contribution in [2.75, 3.05) is 7.11 Å². The van der Waals surface area contributed by atoms with Crippen molar-refractivity contribution in [3.8, 4) is 16.9 Å². The molecule has 3 rings (SSSR count). The minimum atomic E-state index is -0.0849. The van der Waals surface area contributed by atoms with Gasteiger partial charge in [-0.15, -0.1) is 0 Å². The van der Waals surface area contributed by atoms with Gasteiger partial charge in [0.2, 0.25) is 0 Å². The summed E-state index contributed by atoms with van der Waals surface area (Å²) in [6.07, 6.45) is 2.90.